The van der Waals surface area contributed by atoms with Gasteiger partial charge < -0.3 is 15.4 Å². The Labute approximate surface area is 177 Å². The SMILES string of the molecule is CCOC(=O)[C@H](C)NC(=O)[C@H](C)NC(=O)c1cc2ccccc2cc1[C]1[CH][CH][CH][CH]1. The Kier molecular flexibility index (Phi) is 7.08. The van der Waals surface area contributed by atoms with E-state index in [-0.39, 0.29) is 12.5 Å². The number of benzene rings is 2. The highest BCUT2D eigenvalue weighted by molar-refractivity contribution is 6.03. The van der Waals surface area contributed by atoms with Crippen LogP contribution in [0.5, 0.6) is 0 Å². The number of amides is 2. The summed E-state index contributed by atoms with van der Waals surface area (Å²) in [6.45, 7) is 5.05. The van der Waals surface area contributed by atoms with Crippen molar-refractivity contribution < 1.29 is 19.1 Å². The zero-order chi connectivity index (χ0) is 21.7. The predicted octanol–water partition coefficient (Wildman–Crippen LogP) is 2.78. The number of hydrogen-bond acceptors (Lipinski definition) is 4. The van der Waals surface area contributed by atoms with E-state index in [4.69, 9.17) is 4.74 Å². The fourth-order valence-electron chi connectivity index (χ4n) is 3.23. The van der Waals surface area contributed by atoms with E-state index in [2.05, 4.69) is 10.6 Å². The number of fused-ring (bicyclic) bond motifs is 1. The monoisotopic (exact) mass is 405 g/mol. The minimum Gasteiger partial charge on any atom is -0.464 e. The molecule has 1 fully saturated rings. The molecular formula is C24H25N2O4. The van der Waals surface area contributed by atoms with Crippen molar-refractivity contribution in [2.45, 2.75) is 32.9 Å². The summed E-state index contributed by atoms with van der Waals surface area (Å²) in [5.74, 6) is -0.403. The molecule has 2 atom stereocenters. The molecule has 5 radical (unpaired) electrons. The highest BCUT2D eigenvalue weighted by Crippen LogP contribution is 2.34. The number of esters is 1. The van der Waals surface area contributed by atoms with Crippen molar-refractivity contribution in [2.24, 2.45) is 0 Å². The summed E-state index contributed by atoms with van der Waals surface area (Å²) < 4.78 is 4.89. The van der Waals surface area contributed by atoms with E-state index in [1.807, 2.05) is 62.1 Å². The minimum atomic E-state index is -0.826. The van der Waals surface area contributed by atoms with Gasteiger partial charge in [0.2, 0.25) is 5.91 Å². The molecule has 0 heterocycles. The first-order chi connectivity index (χ1) is 14.4. The van der Waals surface area contributed by atoms with Gasteiger partial charge in [-0.3, -0.25) is 9.59 Å². The number of ether oxygens (including phenoxy) is 1. The van der Waals surface area contributed by atoms with Gasteiger partial charge in [0.25, 0.3) is 5.91 Å². The second-order valence-corrected chi connectivity index (χ2v) is 7.10. The minimum absolute atomic E-state index is 0.234. The number of rotatable bonds is 7. The maximum atomic E-state index is 13.1. The molecule has 6 heteroatoms. The lowest BCUT2D eigenvalue weighted by molar-refractivity contribution is -0.147. The normalized spacial score (nSPS) is 16.1. The molecule has 155 valence electrons. The largest absolute Gasteiger partial charge is 0.464 e. The summed E-state index contributed by atoms with van der Waals surface area (Å²) in [4.78, 5) is 37.2. The number of hydrogen-bond donors (Lipinski definition) is 2. The molecule has 2 N–H and O–H groups in total. The molecule has 0 aromatic heterocycles. The second kappa shape index (κ2) is 9.74. The van der Waals surface area contributed by atoms with Crippen LogP contribution >= 0.6 is 0 Å². The van der Waals surface area contributed by atoms with Crippen molar-refractivity contribution in [3.63, 3.8) is 0 Å². The van der Waals surface area contributed by atoms with Gasteiger partial charge in [0, 0.05) is 11.5 Å². The molecule has 30 heavy (non-hydrogen) atoms. The summed E-state index contributed by atoms with van der Waals surface area (Å²) in [5.41, 5.74) is 1.28. The molecule has 2 aromatic carbocycles. The van der Waals surface area contributed by atoms with E-state index in [9.17, 15) is 14.4 Å². The van der Waals surface area contributed by atoms with Crippen LogP contribution in [0.25, 0.3) is 10.8 Å². The first-order valence-corrected chi connectivity index (χ1v) is 9.93. The van der Waals surface area contributed by atoms with Crippen molar-refractivity contribution in [2.75, 3.05) is 6.61 Å². The van der Waals surface area contributed by atoms with Gasteiger partial charge in [-0.2, -0.15) is 0 Å². The molecule has 0 unspecified atom stereocenters. The Bertz CT molecular complexity index is 934. The maximum absolute atomic E-state index is 13.1. The van der Waals surface area contributed by atoms with Crippen LogP contribution in [0, 0.1) is 31.6 Å². The van der Waals surface area contributed by atoms with E-state index in [1.165, 1.54) is 0 Å². The number of carbonyl (C=O) groups is 3. The summed E-state index contributed by atoms with van der Waals surface area (Å²) in [6, 6.07) is 10.00. The van der Waals surface area contributed by atoms with Crippen LogP contribution in [0.1, 0.15) is 36.7 Å². The summed E-state index contributed by atoms with van der Waals surface area (Å²) in [6.07, 6.45) is 7.72. The van der Waals surface area contributed by atoms with Crippen LogP contribution < -0.4 is 10.6 Å². The topological polar surface area (TPSA) is 84.5 Å². The van der Waals surface area contributed by atoms with Crippen molar-refractivity contribution in [3.8, 4) is 0 Å². The lowest BCUT2D eigenvalue weighted by Crippen LogP contribution is -2.49. The molecule has 0 spiro atoms. The van der Waals surface area contributed by atoms with Crippen LogP contribution in [-0.4, -0.2) is 36.5 Å². The van der Waals surface area contributed by atoms with Crippen molar-refractivity contribution in [3.05, 3.63) is 79.1 Å². The molecule has 1 aliphatic rings. The Morgan fingerprint density at radius 3 is 2.20 bits per heavy atom. The molecular weight excluding hydrogens is 380 g/mol. The zero-order valence-corrected chi connectivity index (χ0v) is 17.3. The lowest BCUT2D eigenvalue weighted by atomic mass is 9.89. The zero-order valence-electron chi connectivity index (χ0n) is 17.3. The van der Waals surface area contributed by atoms with Crippen LogP contribution in [0.15, 0.2) is 36.4 Å². The summed E-state index contributed by atoms with van der Waals surface area (Å²) >= 11 is 0. The van der Waals surface area contributed by atoms with Gasteiger partial charge in [-0.05, 0) is 74.9 Å². The van der Waals surface area contributed by atoms with Crippen molar-refractivity contribution in [1.29, 1.82) is 0 Å². The average molecular weight is 405 g/mol. The van der Waals surface area contributed by atoms with Crippen molar-refractivity contribution >= 4 is 28.6 Å². The molecule has 0 bridgehead atoms. The van der Waals surface area contributed by atoms with Gasteiger partial charge >= 0.3 is 5.97 Å². The van der Waals surface area contributed by atoms with Crippen LogP contribution in [0.4, 0.5) is 0 Å². The summed E-state index contributed by atoms with van der Waals surface area (Å²) in [5, 5.41) is 7.26. The standard InChI is InChI=1S/C24H25N2O4/c1-4-30-24(29)16(3)26-22(27)15(2)25-23(28)21-14-19-12-8-7-11-18(19)13-20(21)17-9-5-6-10-17/h5-16H,4H2,1-3H3,(H,25,28)(H,26,27)/t15-,16-/m0/s1. The second-order valence-electron chi connectivity index (χ2n) is 7.10. The van der Waals surface area contributed by atoms with E-state index < -0.39 is 24.0 Å². The third kappa shape index (κ3) is 4.99. The van der Waals surface area contributed by atoms with E-state index >= 15 is 0 Å². The molecule has 0 aliphatic heterocycles. The smallest absolute Gasteiger partial charge is 0.328 e. The lowest BCUT2D eigenvalue weighted by Gasteiger charge is -2.20. The molecule has 6 nitrogen and oxygen atoms in total. The fourth-order valence-corrected chi connectivity index (χ4v) is 3.23. The molecule has 1 saturated carbocycles. The molecule has 2 amide bonds. The quantitative estimate of drug-likeness (QED) is 0.694. The Hall–Kier alpha value is -2.89. The highest BCUT2D eigenvalue weighted by Gasteiger charge is 2.27. The van der Waals surface area contributed by atoms with Crippen LogP contribution in [-0.2, 0) is 14.3 Å². The Morgan fingerprint density at radius 1 is 0.933 bits per heavy atom. The first kappa shape index (κ1) is 21.8. The Balaban J connectivity index is 1.77. The number of nitrogens with one attached hydrogen (secondary N) is 2. The fraction of sp³-hybridized carbons (Fsp3) is 0.250. The molecule has 1 aliphatic carbocycles. The summed E-state index contributed by atoms with van der Waals surface area (Å²) in [7, 11) is 0. The van der Waals surface area contributed by atoms with Gasteiger partial charge in [-0.25, -0.2) is 4.79 Å². The predicted molar refractivity (Wildman–Crippen MR) is 115 cm³/mol. The maximum Gasteiger partial charge on any atom is 0.328 e. The van der Waals surface area contributed by atoms with Crippen LogP contribution in [0.3, 0.4) is 0 Å². The van der Waals surface area contributed by atoms with E-state index in [0.29, 0.717) is 5.56 Å². The van der Waals surface area contributed by atoms with Crippen molar-refractivity contribution in [1.82, 2.24) is 10.6 Å². The Morgan fingerprint density at radius 2 is 1.57 bits per heavy atom. The van der Waals surface area contributed by atoms with Gasteiger partial charge in [0.1, 0.15) is 12.1 Å². The van der Waals surface area contributed by atoms with E-state index in [1.54, 1.807) is 20.8 Å². The third-order valence-corrected chi connectivity index (χ3v) is 4.84. The highest BCUT2D eigenvalue weighted by atomic mass is 16.5. The third-order valence-electron chi connectivity index (χ3n) is 4.84. The molecule has 2 aromatic rings. The first-order valence-electron chi connectivity index (χ1n) is 9.93. The van der Waals surface area contributed by atoms with Gasteiger partial charge in [0.15, 0.2) is 0 Å². The van der Waals surface area contributed by atoms with Gasteiger partial charge in [0.05, 0.1) is 6.61 Å². The molecule has 0 saturated heterocycles. The van der Waals surface area contributed by atoms with Gasteiger partial charge in [-0.1, -0.05) is 24.3 Å². The molecule has 3 rings (SSSR count). The van der Waals surface area contributed by atoms with Gasteiger partial charge in [-0.15, -0.1) is 0 Å². The van der Waals surface area contributed by atoms with E-state index in [0.717, 1.165) is 22.3 Å². The van der Waals surface area contributed by atoms with Crippen LogP contribution in [0.2, 0.25) is 0 Å². The number of carbonyl (C=O) groups excluding carboxylic acids is 3. The average Bonchev–Trinajstić information content (AvgIpc) is 3.27.